The number of nitrogens with one attached hydrogen (secondary N) is 2. The largest absolute Gasteiger partial charge is 0.508 e. The number of benzene rings is 1. The van der Waals surface area contributed by atoms with Crippen LogP contribution in [-0.4, -0.2) is 35.1 Å². The van der Waals surface area contributed by atoms with E-state index in [0.29, 0.717) is 28.2 Å². The second-order valence-corrected chi connectivity index (χ2v) is 5.29. The van der Waals surface area contributed by atoms with E-state index in [2.05, 4.69) is 24.9 Å². The van der Waals surface area contributed by atoms with E-state index in [1.165, 1.54) is 12.1 Å². The average Bonchev–Trinajstić information content (AvgIpc) is 3.01. The van der Waals surface area contributed by atoms with Crippen LogP contribution in [0, 0.1) is 13.8 Å². The summed E-state index contributed by atoms with van der Waals surface area (Å²) in [6.45, 7) is 3.58. The molecule has 0 bridgehead atoms. The number of pyridine rings is 1. The highest BCUT2D eigenvalue weighted by molar-refractivity contribution is 5.87. The minimum Gasteiger partial charge on any atom is -0.508 e. The number of hydrogen-bond acceptors (Lipinski definition) is 5. The first kappa shape index (κ1) is 14.8. The normalized spacial score (nSPS) is 11.0. The van der Waals surface area contributed by atoms with Crippen molar-refractivity contribution in [1.29, 1.82) is 0 Å². The Kier molecular flexibility index (Phi) is 3.21. The summed E-state index contributed by atoms with van der Waals surface area (Å²) >= 11 is 0. The molecule has 0 fully saturated rings. The smallest absolute Gasteiger partial charge is 0.180 e. The molecule has 4 rings (SSSR count). The van der Waals surface area contributed by atoms with Gasteiger partial charge in [-0.05, 0) is 37.6 Å². The van der Waals surface area contributed by atoms with Gasteiger partial charge in [-0.2, -0.15) is 0 Å². The molecular weight excluding hydrogens is 294 g/mol. The van der Waals surface area contributed by atoms with Crippen molar-refractivity contribution < 1.29 is 10.2 Å². The maximum Gasteiger partial charge on any atom is 0.180 e. The molecular formula is C16H17N5O2. The molecule has 0 saturated heterocycles. The van der Waals surface area contributed by atoms with Crippen molar-refractivity contribution in [3.63, 3.8) is 0 Å². The van der Waals surface area contributed by atoms with Crippen LogP contribution in [0.4, 0.5) is 0 Å². The first-order chi connectivity index (χ1) is 10.5. The van der Waals surface area contributed by atoms with E-state index in [4.69, 9.17) is 0 Å². The Morgan fingerprint density at radius 3 is 2.30 bits per heavy atom. The van der Waals surface area contributed by atoms with E-state index >= 15 is 0 Å². The van der Waals surface area contributed by atoms with E-state index in [0.717, 1.165) is 16.9 Å². The molecule has 7 heteroatoms. The average molecular weight is 311 g/mol. The molecule has 118 valence electrons. The standard InChI is InChI=1S/C15H13N5O2.CH4/c1-6-3-12(22)8(4-11(6)21)13-18-10-5-9-14(17-7(2)16-9)20-15(10)19-13;/h3-5,21-22H,1-2H3,(H2,16,17,18,19,20);1H4. The predicted octanol–water partition coefficient (Wildman–Crippen LogP) is 3.17. The van der Waals surface area contributed by atoms with Gasteiger partial charge in [0, 0.05) is 0 Å². The van der Waals surface area contributed by atoms with Crippen LogP contribution in [0.2, 0.25) is 0 Å². The molecule has 0 atom stereocenters. The lowest BCUT2D eigenvalue weighted by Crippen LogP contribution is -1.84. The maximum atomic E-state index is 10.1. The molecule has 0 radical (unpaired) electrons. The van der Waals surface area contributed by atoms with Crippen molar-refractivity contribution in [3.05, 3.63) is 29.6 Å². The monoisotopic (exact) mass is 311 g/mol. The maximum absolute atomic E-state index is 10.1. The Morgan fingerprint density at radius 2 is 1.52 bits per heavy atom. The Hall–Kier alpha value is -3.09. The SMILES string of the molecule is C.Cc1nc2nc3nc(-c4cc(O)c(C)cc4O)[nH]c3cc2[nH]1. The number of phenolic OH excluding ortho intramolecular Hbond substituents is 2. The van der Waals surface area contributed by atoms with Crippen LogP contribution in [0.1, 0.15) is 18.8 Å². The molecule has 0 spiro atoms. The predicted molar refractivity (Wildman–Crippen MR) is 88.5 cm³/mol. The van der Waals surface area contributed by atoms with Crippen LogP contribution >= 0.6 is 0 Å². The van der Waals surface area contributed by atoms with E-state index in [-0.39, 0.29) is 18.9 Å². The van der Waals surface area contributed by atoms with Crippen molar-refractivity contribution in [3.8, 4) is 22.9 Å². The van der Waals surface area contributed by atoms with Crippen molar-refractivity contribution >= 4 is 22.3 Å². The lowest BCUT2D eigenvalue weighted by Gasteiger charge is -2.04. The molecule has 0 aliphatic carbocycles. The molecule has 0 aliphatic heterocycles. The van der Waals surface area contributed by atoms with E-state index in [1.54, 1.807) is 6.92 Å². The van der Waals surface area contributed by atoms with Crippen LogP contribution in [0.5, 0.6) is 11.5 Å². The molecule has 3 aromatic heterocycles. The lowest BCUT2D eigenvalue weighted by molar-refractivity contribution is 0.458. The highest BCUT2D eigenvalue weighted by Gasteiger charge is 2.14. The molecule has 1 aromatic carbocycles. The number of imidazole rings is 2. The third-order valence-electron chi connectivity index (χ3n) is 3.61. The summed E-state index contributed by atoms with van der Waals surface area (Å²) < 4.78 is 0. The van der Waals surface area contributed by atoms with Gasteiger partial charge in [-0.3, -0.25) is 0 Å². The van der Waals surface area contributed by atoms with E-state index in [9.17, 15) is 10.2 Å². The summed E-state index contributed by atoms with van der Waals surface area (Å²) in [7, 11) is 0. The minimum atomic E-state index is 0. The fourth-order valence-electron chi connectivity index (χ4n) is 2.49. The molecule has 4 N–H and O–H groups in total. The van der Waals surface area contributed by atoms with Crippen LogP contribution < -0.4 is 0 Å². The molecule has 3 heterocycles. The highest BCUT2D eigenvalue weighted by Crippen LogP contribution is 2.34. The quantitative estimate of drug-likeness (QED) is 0.403. The topological polar surface area (TPSA) is 111 Å². The molecule has 7 nitrogen and oxygen atoms in total. The first-order valence-corrected chi connectivity index (χ1v) is 6.77. The summed E-state index contributed by atoms with van der Waals surface area (Å²) in [5, 5.41) is 19.9. The second kappa shape index (κ2) is 4.98. The number of aromatic amines is 2. The van der Waals surface area contributed by atoms with Gasteiger partial charge in [0.15, 0.2) is 11.3 Å². The van der Waals surface area contributed by atoms with Crippen LogP contribution in [-0.2, 0) is 0 Å². The van der Waals surface area contributed by atoms with Gasteiger partial charge >= 0.3 is 0 Å². The Balaban J connectivity index is 0.00000156. The number of hydrogen-bond donors (Lipinski definition) is 4. The molecule has 4 aromatic rings. The van der Waals surface area contributed by atoms with Gasteiger partial charge < -0.3 is 20.2 Å². The van der Waals surface area contributed by atoms with E-state index < -0.39 is 0 Å². The van der Waals surface area contributed by atoms with Crippen LogP contribution in [0.25, 0.3) is 33.7 Å². The summed E-state index contributed by atoms with van der Waals surface area (Å²) in [6.07, 6.45) is 0. The van der Waals surface area contributed by atoms with Crippen LogP contribution in [0.3, 0.4) is 0 Å². The molecule has 0 aliphatic rings. The van der Waals surface area contributed by atoms with Crippen molar-refractivity contribution in [1.82, 2.24) is 24.9 Å². The second-order valence-electron chi connectivity index (χ2n) is 5.29. The van der Waals surface area contributed by atoms with Gasteiger partial charge in [-0.15, -0.1) is 0 Å². The number of aromatic nitrogens is 5. The number of aromatic hydroxyl groups is 2. The summed E-state index contributed by atoms with van der Waals surface area (Å²) in [4.78, 5) is 19.3. The van der Waals surface area contributed by atoms with Crippen molar-refractivity contribution in [2.45, 2.75) is 21.3 Å². The van der Waals surface area contributed by atoms with Gasteiger partial charge in [0.05, 0.1) is 16.6 Å². The summed E-state index contributed by atoms with van der Waals surface area (Å²) in [6, 6.07) is 4.86. The van der Waals surface area contributed by atoms with Gasteiger partial charge in [-0.25, -0.2) is 15.0 Å². The lowest BCUT2D eigenvalue weighted by atomic mass is 10.1. The molecule has 0 saturated carbocycles. The Morgan fingerprint density at radius 1 is 0.826 bits per heavy atom. The Labute approximate surface area is 132 Å². The van der Waals surface area contributed by atoms with Crippen molar-refractivity contribution in [2.24, 2.45) is 0 Å². The van der Waals surface area contributed by atoms with Crippen molar-refractivity contribution in [2.75, 3.05) is 0 Å². The molecule has 23 heavy (non-hydrogen) atoms. The fraction of sp³-hybridized carbons (Fsp3) is 0.188. The minimum absolute atomic E-state index is 0. The molecule has 0 amide bonds. The number of H-pyrrole nitrogens is 2. The third-order valence-corrected chi connectivity index (χ3v) is 3.61. The number of aryl methyl sites for hydroxylation is 2. The number of nitrogens with zero attached hydrogens (tertiary/aromatic N) is 3. The van der Waals surface area contributed by atoms with Crippen LogP contribution in [0.15, 0.2) is 18.2 Å². The van der Waals surface area contributed by atoms with E-state index in [1.807, 2.05) is 13.0 Å². The zero-order valence-corrected chi connectivity index (χ0v) is 12.0. The Bertz CT molecular complexity index is 981. The zero-order valence-electron chi connectivity index (χ0n) is 12.0. The number of fused-ring (bicyclic) bond motifs is 2. The van der Waals surface area contributed by atoms with Gasteiger partial charge in [-0.1, -0.05) is 7.43 Å². The number of phenols is 2. The third kappa shape index (κ3) is 2.26. The van der Waals surface area contributed by atoms with Gasteiger partial charge in [0.25, 0.3) is 0 Å². The summed E-state index contributed by atoms with van der Waals surface area (Å²) in [5.41, 5.74) is 3.67. The number of rotatable bonds is 1. The van der Waals surface area contributed by atoms with Gasteiger partial charge in [0.2, 0.25) is 0 Å². The summed E-state index contributed by atoms with van der Waals surface area (Å²) in [5.74, 6) is 1.38. The van der Waals surface area contributed by atoms with Gasteiger partial charge in [0.1, 0.15) is 23.1 Å². The molecule has 0 unspecified atom stereocenters. The fourth-order valence-corrected chi connectivity index (χ4v) is 2.49. The zero-order chi connectivity index (χ0) is 15.4. The highest BCUT2D eigenvalue weighted by atomic mass is 16.3. The first-order valence-electron chi connectivity index (χ1n) is 6.77.